The first-order chi connectivity index (χ1) is 9.34. The highest BCUT2D eigenvalue weighted by Gasteiger charge is 2.03. The Morgan fingerprint density at radius 3 is 2.68 bits per heavy atom. The van der Waals surface area contributed by atoms with Crippen molar-refractivity contribution in [3.8, 4) is 0 Å². The van der Waals surface area contributed by atoms with Crippen LogP contribution in [0.4, 0.5) is 10.2 Å². The zero-order chi connectivity index (χ0) is 13.1. The molecule has 1 N–H and O–H groups in total. The molecule has 0 fully saturated rings. The summed E-state index contributed by atoms with van der Waals surface area (Å²) < 4.78 is 13.5. The minimum absolute atomic E-state index is 0.287. The maximum absolute atomic E-state index is 13.5. The fourth-order valence-electron chi connectivity index (χ4n) is 2.14. The predicted molar refractivity (Wildman–Crippen MR) is 75.5 cm³/mol. The minimum atomic E-state index is -0.331. The number of hydrogen-bond donors (Lipinski definition) is 1. The highest BCUT2D eigenvalue weighted by atomic mass is 19.1. The van der Waals surface area contributed by atoms with Gasteiger partial charge < -0.3 is 5.32 Å². The molecule has 2 nitrogen and oxygen atoms in total. The minimum Gasteiger partial charge on any atom is -0.364 e. The van der Waals surface area contributed by atoms with E-state index in [1.165, 1.54) is 16.8 Å². The van der Waals surface area contributed by atoms with E-state index in [1.807, 2.05) is 24.3 Å². The van der Waals surface area contributed by atoms with Gasteiger partial charge in [0.05, 0.1) is 0 Å². The first kappa shape index (κ1) is 11.7. The number of rotatable bonds is 3. The van der Waals surface area contributed by atoms with Crippen molar-refractivity contribution in [2.24, 2.45) is 0 Å². The molecule has 0 aliphatic heterocycles. The summed E-state index contributed by atoms with van der Waals surface area (Å²) in [6, 6.07) is 17.3. The first-order valence-electron chi connectivity index (χ1n) is 6.15. The molecule has 3 aromatic rings. The quantitative estimate of drug-likeness (QED) is 0.762. The lowest BCUT2D eigenvalue weighted by Gasteiger charge is -2.09. The number of aromatic nitrogens is 1. The smallest absolute Gasteiger partial charge is 0.165 e. The molecule has 0 radical (unpaired) electrons. The molecule has 0 atom stereocenters. The summed E-state index contributed by atoms with van der Waals surface area (Å²) >= 11 is 0. The monoisotopic (exact) mass is 252 g/mol. The Balaban J connectivity index is 1.88. The molecule has 0 saturated carbocycles. The largest absolute Gasteiger partial charge is 0.364 e. The zero-order valence-corrected chi connectivity index (χ0v) is 10.3. The van der Waals surface area contributed by atoms with Crippen LogP contribution in [0.1, 0.15) is 5.56 Å². The predicted octanol–water partition coefficient (Wildman–Crippen LogP) is 3.99. The van der Waals surface area contributed by atoms with E-state index in [2.05, 4.69) is 28.5 Å². The van der Waals surface area contributed by atoms with Crippen molar-refractivity contribution in [2.45, 2.75) is 6.54 Å². The maximum atomic E-state index is 13.5. The van der Waals surface area contributed by atoms with Crippen molar-refractivity contribution in [3.05, 3.63) is 72.2 Å². The Hall–Kier alpha value is -2.42. The van der Waals surface area contributed by atoms with Gasteiger partial charge in [-0.15, -0.1) is 0 Å². The van der Waals surface area contributed by atoms with Crippen molar-refractivity contribution in [2.75, 3.05) is 5.32 Å². The number of fused-ring (bicyclic) bond motifs is 1. The molecule has 0 unspecified atom stereocenters. The standard InChI is InChI=1S/C16H13FN2/c17-15-9-4-10-18-16(15)19-11-13-7-3-6-12-5-1-2-8-14(12)13/h1-10H,11H2,(H,18,19). The van der Waals surface area contributed by atoms with Crippen LogP contribution < -0.4 is 5.32 Å². The van der Waals surface area contributed by atoms with Crippen LogP contribution in [-0.2, 0) is 6.54 Å². The second-order valence-corrected chi connectivity index (χ2v) is 4.33. The van der Waals surface area contributed by atoms with Crippen molar-refractivity contribution in [3.63, 3.8) is 0 Å². The molecule has 0 saturated heterocycles. The van der Waals surface area contributed by atoms with Gasteiger partial charge in [-0.3, -0.25) is 0 Å². The molecule has 0 aliphatic carbocycles. The van der Waals surface area contributed by atoms with Crippen LogP contribution in [0.2, 0.25) is 0 Å². The number of nitrogens with zero attached hydrogens (tertiary/aromatic N) is 1. The number of benzene rings is 2. The maximum Gasteiger partial charge on any atom is 0.165 e. The SMILES string of the molecule is Fc1cccnc1NCc1cccc2ccccc12. The van der Waals surface area contributed by atoms with Crippen molar-refractivity contribution < 1.29 is 4.39 Å². The molecular formula is C16H13FN2. The van der Waals surface area contributed by atoms with Gasteiger partial charge in [-0.1, -0.05) is 42.5 Å². The third-order valence-corrected chi connectivity index (χ3v) is 3.08. The van der Waals surface area contributed by atoms with Gasteiger partial charge in [0, 0.05) is 12.7 Å². The molecule has 1 heterocycles. The summed E-state index contributed by atoms with van der Waals surface area (Å²) in [6.07, 6.45) is 1.58. The van der Waals surface area contributed by atoms with Gasteiger partial charge in [-0.2, -0.15) is 0 Å². The van der Waals surface area contributed by atoms with E-state index >= 15 is 0 Å². The zero-order valence-electron chi connectivity index (χ0n) is 10.3. The third kappa shape index (κ3) is 2.40. The molecule has 1 aromatic heterocycles. The molecule has 2 aromatic carbocycles. The normalized spacial score (nSPS) is 10.6. The van der Waals surface area contributed by atoms with E-state index in [9.17, 15) is 4.39 Å². The third-order valence-electron chi connectivity index (χ3n) is 3.08. The molecule has 0 bridgehead atoms. The summed E-state index contributed by atoms with van der Waals surface area (Å²) in [5, 5.41) is 5.39. The van der Waals surface area contributed by atoms with Crippen LogP contribution in [0.5, 0.6) is 0 Å². The van der Waals surface area contributed by atoms with E-state index in [-0.39, 0.29) is 11.6 Å². The van der Waals surface area contributed by atoms with Crippen LogP contribution in [0, 0.1) is 5.82 Å². The average molecular weight is 252 g/mol. The van der Waals surface area contributed by atoms with Gasteiger partial charge in [0.1, 0.15) is 0 Å². The van der Waals surface area contributed by atoms with E-state index < -0.39 is 0 Å². The van der Waals surface area contributed by atoms with Crippen molar-refractivity contribution in [1.82, 2.24) is 4.98 Å². The number of halogens is 1. The fraction of sp³-hybridized carbons (Fsp3) is 0.0625. The summed E-state index contributed by atoms with van der Waals surface area (Å²) in [6.45, 7) is 0.551. The van der Waals surface area contributed by atoms with Crippen LogP contribution in [-0.4, -0.2) is 4.98 Å². The lowest BCUT2D eigenvalue weighted by molar-refractivity contribution is 0.624. The Morgan fingerprint density at radius 1 is 0.947 bits per heavy atom. The molecule has 0 spiro atoms. The first-order valence-corrected chi connectivity index (χ1v) is 6.15. The van der Waals surface area contributed by atoms with Gasteiger partial charge in [-0.05, 0) is 28.5 Å². The van der Waals surface area contributed by atoms with Gasteiger partial charge in [0.15, 0.2) is 11.6 Å². The number of nitrogens with one attached hydrogen (secondary N) is 1. The van der Waals surface area contributed by atoms with Crippen molar-refractivity contribution in [1.29, 1.82) is 0 Å². The number of pyridine rings is 1. The fourth-order valence-corrected chi connectivity index (χ4v) is 2.14. The molecule has 0 aliphatic rings. The summed E-state index contributed by atoms with van der Waals surface area (Å²) in [5.74, 6) is -0.0434. The van der Waals surface area contributed by atoms with Crippen LogP contribution in [0.25, 0.3) is 10.8 Å². The summed E-state index contributed by atoms with van der Waals surface area (Å²) in [7, 11) is 0. The molecule has 94 valence electrons. The lowest BCUT2D eigenvalue weighted by atomic mass is 10.0. The van der Waals surface area contributed by atoms with E-state index in [4.69, 9.17) is 0 Å². The molecule has 3 heteroatoms. The Labute approximate surface area is 110 Å². The number of hydrogen-bond acceptors (Lipinski definition) is 2. The Kier molecular flexibility index (Phi) is 3.11. The highest BCUT2D eigenvalue weighted by Crippen LogP contribution is 2.19. The van der Waals surface area contributed by atoms with Crippen molar-refractivity contribution >= 4 is 16.6 Å². The Bertz CT molecular complexity index is 704. The molecular weight excluding hydrogens is 239 g/mol. The van der Waals surface area contributed by atoms with E-state index in [1.54, 1.807) is 12.3 Å². The second kappa shape index (κ2) is 5.06. The van der Waals surface area contributed by atoms with E-state index in [0.29, 0.717) is 6.54 Å². The molecule has 19 heavy (non-hydrogen) atoms. The van der Waals surface area contributed by atoms with Gasteiger partial charge >= 0.3 is 0 Å². The van der Waals surface area contributed by atoms with Crippen LogP contribution in [0.3, 0.4) is 0 Å². The van der Waals surface area contributed by atoms with Crippen LogP contribution >= 0.6 is 0 Å². The highest BCUT2D eigenvalue weighted by molar-refractivity contribution is 5.85. The number of anilines is 1. The topological polar surface area (TPSA) is 24.9 Å². The van der Waals surface area contributed by atoms with Gasteiger partial charge in [-0.25, -0.2) is 9.37 Å². The average Bonchev–Trinajstić information content (AvgIpc) is 2.46. The molecule has 3 rings (SSSR count). The summed E-state index contributed by atoms with van der Waals surface area (Å²) in [5.41, 5.74) is 1.13. The van der Waals surface area contributed by atoms with Gasteiger partial charge in [0.2, 0.25) is 0 Å². The Morgan fingerprint density at radius 2 is 1.79 bits per heavy atom. The second-order valence-electron chi connectivity index (χ2n) is 4.33. The van der Waals surface area contributed by atoms with Gasteiger partial charge in [0.25, 0.3) is 0 Å². The van der Waals surface area contributed by atoms with Crippen LogP contribution in [0.15, 0.2) is 60.8 Å². The van der Waals surface area contributed by atoms with E-state index in [0.717, 1.165) is 5.56 Å². The lowest BCUT2D eigenvalue weighted by Crippen LogP contribution is -2.03. The summed E-state index contributed by atoms with van der Waals surface area (Å²) in [4.78, 5) is 3.99. The molecule has 0 amide bonds.